The Morgan fingerprint density at radius 1 is 1.20 bits per heavy atom. The first-order valence-electron chi connectivity index (χ1n) is 10.1. The number of aryl methyl sites for hydroxylation is 1. The second-order valence-corrected chi connectivity index (χ2v) is 8.47. The normalized spacial score (nSPS) is 20.2. The van der Waals surface area contributed by atoms with Gasteiger partial charge < -0.3 is 10.2 Å². The number of fused-ring (bicyclic) bond motifs is 3. The topological polar surface area (TPSA) is 69.7 Å². The average molecular weight is 426 g/mol. The van der Waals surface area contributed by atoms with Crippen LogP contribution in [0.4, 0.5) is 11.4 Å². The van der Waals surface area contributed by atoms with Crippen LogP contribution in [0.5, 0.6) is 0 Å². The fraction of sp³-hybridized carbons (Fsp3) is 0.348. The molecule has 2 aliphatic heterocycles. The summed E-state index contributed by atoms with van der Waals surface area (Å²) in [7, 11) is 0. The van der Waals surface area contributed by atoms with E-state index in [1.54, 1.807) is 40.1 Å². The van der Waals surface area contributed by atoms with E-state index in [2.05, 4.69) is 5.32 Å². The van der Waals surface area contributed by atoms with Crippen LogP contribution in [0, 0.1) is 6.92 Å². The lowest BCUT2D eigenvalue weighted by Crippen LogP contribution is -2.62. The Labute approximate surface area is 180 Å². The first kappa shape index (κ1) is 20.4. The minimum absolute atomic E-state index is 0.0263. The number of nitrogens with one attached hydrogen (secondary N) is 1. The Hall–Kier alpha value is -2.86. The Bertz CT molecular complexity index is 1040. The van der Waals surface area contributed by atoms with Crippen LogP contribution in [0.3, 0.4) is 0 Å². The van der Waals surface area contributed by atoms with Crippen LogP contribution in [-0.2, 0) is 9.59 Å². The first-order chi connectivity index (χ1) is 14.3. The molecule has 0 radical (unpaired) electrons. The monoisotopic (exact) mass is 425 g/mol. The maximum Gasteiger partial charge on any atom is 0.257 e. The van der Waals surface area contributed by atoms with E-state index in [1.165, 1.54) is 0 Å². The molecule has 2 heterocycles. The van der Waals surface area contributed by atoms with Crippen LogP contribution in [0.15, 0.2) is 42.5 Å². The zero-order valence-electron chi connectivity index (χ0n) is 17.1. The zero-order chi connectivity index (χ0) is 21.5. The fourth-order valence-electron chi connectivity index (χ4n) is 4.42. The number of rotatable bonds is 5. The van der Waals surface area contributed by atoms with Crippen LogP contribution >= 0.6 is 11.6 Å². The van der Waals surface area contributed by atoms with Gasteiger partial charge in [0, 0.05) is 30.1 Å². The van der Waals surface area contributed by atoms with Crippen molar-refractivity contribution in [2.75, 3.05) is 16.8 Å². The molecule has 1 N–H and O–H groups in total. The molecule has 2 aliphatic rings. The largest absolute Gasteiger partial charge is 0.326 e. The van der Waals surface area contributed by atoms with Crippen LogP contribution in [0.25, 0.3) is 0 Å². The summed E-state index contributed by atoms with van der Waals surface area (Å²) < 4.78 is 0. The lowest BCUT2D eigenvalue weighted by molar-refractivity contribution is -0.118. The number of carbonyl (C=O) groups excluding carboxylic acids is 3. The van der Waals surface area contributed by atoms with Crippen molar-refractivity contribution in [3.8, 4) is 0 Å². The van der Waals surface area contributed by atoms with Gasteiger partial charge in [-0.05, 0) is 62.6 Å². The number of amides is 3. The van der Waals surface area contributed by atoms with Gasteiger partial charge in [0.1, 0.15) is 5.66 Å². The Kier molecular flexibility index (Phi) is 5.28. The molecule has 1 atom stereocenters. The van der Waals surface area contributed by atoms with Gasteiger partial charge in [-0.25, -0.2) is 0 Å². The number of benzene rings is 2. The minimum atomic E-state index is -0.689. The first-order valence-corrected chi connectivity index (χ1v) is 10.5. The average Bonchev–Trinajstić information content (AvgIpc) is 3.02. The molecule has 7 heteroatoms. The van der Waals surface area contributed by atoms with Gasteiger partial charge in [0.05, 0.1) is 11.3 Å². The summed E-state index contributed by atoms with van der Waals surface area (Å²) in [6.45, 7) is 4.22. The molecule has 4 rings (SSSR count). The van der Waals surface area contributed by atoms with E-state index in [9.17, 15) is 14.4 Å². The van der Waals surface area contributed by atoms with E-state index in [0.29, 0.717) is 42.1 Å². The van der Waals surface area contributed by atoms with E-state index in [-0.39, 0.29) is 24.1 Å². The van der Waals surface area contributed by atoms with Crippen molar-refractivity contribution in [3.63, 3.8) is 0 Å². The highest BCUT2D eigenvalue weighted by Crippen LogP contribution is 2.44. The minimum Gasteiger partial charge on any atom is -0.326 e. The molecule has 6 nitrogen and oxygen atoms in total. The maximum absolute atomic E-state index is 13.2. The third kappa shape index (κ3) is 3.45. The predicted octanol–water partition coefficient (Wildman–Crippen LogP) is 4.37. The molecule has 0 aromatic heterocycles. The number of nitrogens with zero attached hydrogens (tertiary/aromatic N) is 2. The molecule has 0 aliphatic carbocycles. The van der Waals surface area contributed by atoms with Crippen LogP contribution in [0.2, 0.25) is 5.02 Å². The highest BCUT2D eigenvalue weighted by atomic mass is 35.5. The van der Waals surface area contributed by atoms with E-state index in [4.69, 9.17) is 11.6 Å². The highest BCUT2D eigenvalue weighted by Gasteiger charge is 2.52. The van der Waals surface area contributed by atoms with Crippen molar-refractivity contribution >= 4 is 40.7 Å². The number of para-hydroxylation sites is 1. The number of carbonyl (C=O) groups is 3. The van der Waals surface area contributed by atoms with E-state index in [1.807, 2.05) is 26.0 Å². The van der Waals surface area contributed by atoms with Crippen molar-refractivity contribution in [2.45, 2.75) is 45.2 Å². The van der Waals surface area contributed by atoms with Crippen molar-refractivity contribution < 1.29 is 14.4 Å². The van der Waals surface area contributed by atoms with Crippen molar-refractivity contribution in [3.05, 3.63) is 58.6 Å². The number of anilines is 2. The molecule has 1 fully saturated rings. The molecular weight excluding hydrogens is 402 g/mol. The molecule has 3 amide bonds. The van der Waals surface area contributed by atoms with E-state index < -0.39 is 5.66 Å². The lowest BCUT2D eigenvalue weighted by Gasteiger charge is -2.48. The second-order valence-electron chi connectivity index (χ2n) is 8.03. The number of halogens is 1. The third-order valence-corrected chi connectivity index (χ3v) is 6.23. The van der Waals surface area contributed by atoms with Crippen LogP contribution in [0.1, 0.15) is 48.5 Å². The number of hydrogen-bond donors (Lipinski definition) is 1. The Balaban J connectivity index is 1.46. The van der Waals surface area contributed by atoms with Crippen molar-refractivity contribution in [1.29, 1.82) is 0 Å². The second kappa shape index (κ2) is 7.76. The fourth-order valence-corrected chi connectivity index (χ4v) is 4.65. The van der Waals surface area contributed by atoms with Gasteiger partial charge in [-0.15, -0.1) is 0 Å². The van der Waals surface area contributed by atoms with Gasteiger partial charge in [0.25, 0.3) is 5.91 Å². The van der Waals surface area contributed by atoms with Gasteiger partial charge in [-0.2, -0.15) is 0 Å². The molecule has 2 aromatic carbocycles. The maximum atomic E-state index is 13.2. The molecule has 0 saturated carbocycles. The Morgan fingerprint density at radius 3 is 2.73 bits per heavy atom. The summed E-state index contributed by atoms with van der Waals surface area (Å²) >= 11 is 5.96. The van der Waals surface area contributed by atoms with Gasteiger partial charge in [0.2, 0.25) is 11.8 Å². The smallest absolute Gasteiger partial charge is 0.257 e. The van der Waals surface area contributed by atoms with Crippen LogP contribution in [-0.4, -0.2) is 34.8 Å². The van der Waals surface area contributed by atoms with E-state index in [0.717, 1.165) is 11.3 Å². The third-order valence-electron chi connectivity index (χ3n) is 5.99. The molecule has 0 bridgehead atoms. The summed E-state index contributed by atoms with van der Waals surface area (Å²) in [6.07, 6.45) is 1.77. The lowest BCUT2D eigenvalue weighted by atomic mass is 9.98. The molecular formula is C23H24ClN3O3. The highest BCUT2D eigenvalue weighted by molar-refractivity contribution is 6.30. The summed E-state index contributed by atoms with van der Waals surface area (Å²) in [5.41, 5.74) is 2.15. The zero-order valence-corrected chi connectivity index (χ0v) is 17.8. The van der Waals surface area contributed by atoms with Gasteiger partial charge in [-0.1, -0.05) is 23.7 Å². The standard InChI is InChI=1S/C23H24ClN3O3/c1-15-14-16(24)9-10-18(15)25-20(28)8-5-13-26-22(30)17-6-3-4-7-19(17)27-21(29)11-12-23(26,27)2/h3-4,6-7,9-10,14H,5,8,11-13H2,1-2H3,(H,25,28). The number of hydrogen-bond acceptors (Lipinski definition) is 3. The van der Waals surface area contributed by atoms with E-state index >= 15 is 0 Å². The van der Waals surface area contributed by atoms with Crippen LogP contribution < -0.4 is 10.2 Å². The molecule has 1 unspecified atom stereocenters. The summed E-state index contributed by atoms with van der Waals surface area (Å²) in [5, 5.41) is 3.52. The van der Waals surface area contributed by atoms with Gasteiger partial charge in [-0.3, -0.25) is 19.3 Å². The molecule has 0 spiro atoms. The molecule has 1 saturated heterocycles. The predicted molar refractivity (Wildman–Crippen MR) is 117 cm³/mol. The van der Waals surface area contributed by atoms with Crippen molar-refractivity contribution in [2.24, 2.45) is 0 Å². The van der Waals surface area contributed by atoms with Gasteiger partial charge in [0.15, 0.2) is 0 Å². The molecule has 2 aromatic rings. The SMILES string of the molecule is Cc1cc(Cl)ccc1NC(=O)CCCN1C(=O)c2ccccc2N2C(=O)CCC12C. The van der Waals surface area contributed by atoms with Crippen molar-refractivity contribution in [1.82, 2.24) is 4.90 Å². The Morgan fingerprint density at radius 2 is 1.97 bits per heavy atom. The molecule has 30 heavy (non-hydrogen) atoms. The summed E-state index contributed by atoms with van der Waals surface area (Å²) in [4.78, 5) is 41.7. The summed E-state index contributed by atoms with van der Waals surface area (Å²) in [6, 6.07) is 12.6. The summed E-state index contributed by atoms with van der Waals surface area (Å²) in [5.74, 6) is -0.179. The quantitative estimate of drug-likeness (QED) is 0.773. The molecule has 156 valence electrons. The van der Waals surface area contributed by atoms with Gasteiger partial charge >= 0.3 is 0 Å².